The minimum absolute atomic E-state index is 0.241. The summed E-state index contributed by atoms with van der Waals surface area (Å²) in [5.74, 6) is -1.70. The van der Waals surface area contributed by atoms with Crippen LogP contribution in [-0.4, -0.2) is 78.3 Å². The Morgan fingerprint density at radius 2 is 1.68 bits per heavy atom. The molecule has 40 heavy (non-hydrogen) atoms. The molecule has 0 unspecified atom stereocenters. The molecule has 2 amide bonds. The lowest BCUT2D eigenvalue weighted by Crippen LogP contribution is -2.46. The molecule has 1 fully saturated rings. The van der Waals surface area contributed by atoms with Crippen molar-refractivity contribution in [2.24, 2.45) is 5.10 Å². The lowest BCUT2D eigenvalue weighted by Gasteiger charge is -2.31. The SMILES string of the molecule is O=C(c1ccccc1Cl)N(CCN1CCOCC1)CC(=O)N1N=C(c2ccc(F)cc2)C[C@@H]1c1ccccc1F. The summed E-state index contributed by atoms with van der Waals surface area (Å²) in [5, 5.41) is 6.10. The van der Waals surface area contributed by atoms with Crippen molar-refractivity contribution in [2.45, 2.75) is 12.5 Å². The molecule has 3 aromatic carbocycles. The molecule has 5 rings (SSSR count). The predicted molar refractivity (Wildman–Crippen MR) is 148 cm³/mol. The maximum absolute atomic E-state index is 14.9. The number of rotatable bonds is 8. The minimum atomic E-state index is -0.717. The molecule has 7 nitrogen and oxygen atoms in total. The zero-order valence-corrected chi connectivity index (χ0v) is 22.6. The first-order valence-electron chi connectivity index (χ1n) is 13.1. The van der Waals surface area contributed by atoms with Crippen LogP contribution >= 0.6 is 11.6 Å². The van der Waals surface area contributed by atoms with E-state index in [1.165, 1.54) is 28.1 Å². The van der Waals surface area contributed by atoms with E-state index >= 15 is 0 Å². The van der Waals surface area contributed by atoms with Crippen molar-refractivity contribution in [3.05, 3.63) is 106 Å². The van der Waals surface area contributed by atoms with Gasteiger partial charge < -0.3 is 9.64 Å². The number of benzene rings is 3. The number of halogens is 3. The van der Waals surface area contributed by atoms with E-state index in [0.29, 0.717) is 47.2 Å². The Morgan fingerprint density at radius 1 is 0.975 bits per heavy atom. The first-order valence-corrected chi connectivity index (χ1v) is 13.5. The Labute approximate surface area is 236 Å². The number of carbonyl (C=O) groups is 2. The van der Waals surface area contributed by atoms with Gasteiger partial charge in [0.2, 0.25) is 0 Å². The highest BCUT2D eigenvalue weighted by Crippen LogP contribution is 2.34. The highest BCUT2D eigenvalue weighted by Gasteiger charge is 2.36. The molecular weight excluding hydrogens is 538 g/mol. The number of nitrogens with zero attached hydrogens (tertiary/aromatic N) is 4. The van der Waals surface area contributed by atoms with Crippen LogP contribution in [0, 0.1) is 11.6 Å². The molecule has 10 heteroatoms. The molecular formula is C30H29ClF2N4O3. The number of carbonyl (C=O) groups excluding carboxylic acids is 2. The highest BCUT2D eigenvalue weighted by molar-refractivity contribution is 6.33. The van der Waals surface area contributed by atoms with E-state index in [4.69, 9.17) is 16.3 Å². The number of hydrogen-bond donors (Lipinski definition) is 0. The highest BCUT2D eigenvalue weighted by atomic mass is 35.5. The van der Waals surface area contributed by atoms with Gasteiger partial charge in [-0.25, -0.2) is 13.8 Å². The number of hydrazone groups is 1. The standard InChI is InChI=1S/C30H29ClF2N4O3/c31-25-7-3-1-5-23(25)30(39)36(14-13-35-15-17-40-18-16-35)20-29(38)37-28(24-6-2-4-8-26(24)33)19-27(34-37)21-9-11-22(32)12-10-21/h1-12,28H,13-20H2/t28-/m1/s1. The quantitative estimate of drug-likeness (QED) is 0.394. The van der Waals surface area contributed by atoms with Crippen LogP contribution in [0.25, 0.3) is 0 Å². The van der Waals surface area contributed by atoms with Gasteiger partial charge in [-0.3, -0.25) is 14.5 Å². The van der Waals surface area contributed by atoms with Gasteiger partial charge in [-0.1, -0.05) is 54.1 Å². The fourth-order valence-electron chi connectivity index (χ4n) is 4.92. The Morgan fingerprint density at radius 3 is 2.40 bits per heavy atom. The largest absolute Gasteiger partial charge is 0.379 e. The van der Waals surface area contributed by atoms with E-state index in [-0.39, 0.29) is 25.4 Å². The third-order valence-corrected chi connectivity index (χ3v) is 7.44. The summed E-state index contributed by atoms with van der Waals surface area (Å²) < 4.78 is 33.9. The van der Waals surface area contributed by atoms with Crippen LogP contribution < -0.4 is 0 Å². The van der Waals surface area contributed by atoms with Gasteiger partial charge in [0.25, 0.3) is 11.8 Å². The van der Waals surface area contributed by atoms with Crippen molar-refractivity contribution >= 4 is 29.1 Å². The summed E-state index contributed by atoms with van der Waals surface area (Å²) in [6, 6.07) is 18.0. The van der Waals surface area contributed by atoms with Crippen LogP contribution in [0.2, 0.25) is 5.02 Å². The fraction of sp³-hybridized carbons (Fsp3) is 0.300. The second kappa shape index (κ2) is 12.7. The van der Waals surface area contributed by atoms with Crippen molar-refractivity contribution in [3.8, 4) is 0 Å². The van der Waals surface area contributed by atoms with Gasteiger partial charge >= 0.3 is 0 Å². The number of morpholine rings is 1. The van der Waals surface area contributed by atoms with E-state index in [0.717, 1.165) is 13.1 Å². The number of hydrogen-bond acceptors (Lipinski definition) is 5. The molecule has 0 saturated carbocycles. The molecule has 0 aliphatic carbocycles. The van der Waals surface area contributed by atoms with Crippen LogP contribution in [-0.2, 0) is 9.53 Å². The van der Waals surface area contributed by atoms with Gasteiger partial charge in [0.1, 0.15) is 18.2 Å². The topological polar surface area (TPSA) is 65.5 Å². The summed E-state index contributed by atoms with van der Waals surface area (Å²) >= 11 is 6.33. The van der Waals surface area contributed by atoms with Gasteiger partial charge in [-0.2, -0.15) is 5.10 Å². The average Bonchev–Trinajstić information content (AvgIpc) is 3.42. The maximum atomic E-state index is 14.9. The average molecular weight is 567 g/mol. The molecule has 1 saturated heterocycles. The normalized spacial score (nSPS) is 17.5. The summed E-state index contributed by atoms with van der Waals surface area (Å²) in [6.45, 7) is 3.23. The van der Waals surface area contributed by atoms with Crippen LogP contribution in [0.15, 0.2) is 77.9 Å². The lowest BCUT2D eigenvalue weighted by molar-refractivity contribution is -0.133. The van der Waals surface area contributed by atoms with E-state index < -0.39 is 23.6 Å². The van der Waals surface area contributed by atoms with Gasteiger partial charge in [-0.15, -0.1) is 0 Å². The van der Waals surface area contributed by atoms with E-state index in [1.54, 1.807) is 54.6 Å². The summed E-state index contributed by atoms with van der Waals surface area (Å²) in [5.41, 5.74) is 1.77. The van der Waals surface area contributed by atoms with Crippen molar-refractivity contribution in [2.75, 3.05) is 45.9 Å². The molecule has 0 aromatic heterocycles. The predicted octanol–water partition coefficient (Wildman–Crippen LogP) is 4.77. The van der Waals surface area contributed by atoms with Gasteiger partial charge in [-0.05, 0) is 35.9 Å². The Balaban J connectivity index is 1.43. The molecule has 0 radical (unpaired) electrons. The minimum Gasteiger partial charge on any atom is -0.379 e. The van der Waals surface area contributed by atoms with Crippen LogP contribution in [0.3, 0.4) is 0 Å². The van der Waals surface area contributed by atoms with Crippen LogP contribution in [0.4, 0.5) is 8.78 Å². The van der Waals surface area contributed by atoms with Gasteiger partial charge in [0.05, 0.1) is 35.6 Å². The third kappa shape index (κ3) is 6.38. The Bertz CT molecular complexity index is 1400. The molecule has 208 valence electrons. The maximum Gasteiger partial charge on any atom is 0.262 e. The summed E-state index contributed by atoms with van der Waals surface area (Å²) in [4.78, 5) is 31.1. The monoisotopic (exact) mass is 566 g/mol. The van der Waals surface area contributed by atoms with Crippen molar-refractivity contribution in [3.63, 3.8) is 0 Å². The second-order valence-electron chi connectivity index (χ2n) is 9.69. The fourth-order valence-corrected chi connectivity index (χ4v) is 5.14. The summed E-state index contributed by atoms with van der Waals surface area (Å²) in [6.07, 6.45) is 0.241. The van der Waals surface area contributed by atoms with Crippen LogP contribution in [0.5, 0.6) is 0 Å². The smallest absolute Gasteiger partial charge is 0.262 e. The zero-order chi connectivity index (χ0) is 28.1. The van der Waals surface area contributed by atoms with E-state index in [1.807, 2.05) is 0 Å². The molecule has 3 aromatic rings. The van der Waals surface area contributed by atoms with Crippen LogP contribution in [0.1, 0.15) is 33.9 Å². The van der Waals surface area contributed by atoms with Gasteiger partial charge in [0.15, 0.2) is 0 Å². The molecule has 1 atom stereocenters. The Hall–Kier alpha value is -3.66. The van der Waals surface area contributed by atoms with E-state index in [2.05, 4.69) is 10.0 Å². The molecule has 2 aliphatic rings. The molecule has 2 heterocycles. The first-order chi connectivity index (χ1) is 19.4. The van der Waals surface area contributed by atoms with Crippen molar-refractivity contribution < 1.29 is 23.1 Å². The molecule has 0 N–H and O–H groups in total. The molecule has 0 spiro atoms. The zero-order valence-electron chi connectivity index (χ0n) is 21.8. The molecule has 2 aliphatic heterocycles. The number of ether oxygens (including phenoxy) is 1. The Kier molecular flexibility index (Phi) is 8.84. The second-order valence-corrected chi connectivity index (χ2v) is 10.1. The number of amides is 2. The lowest BCUT2D eigenvalue weighted by atomic mass is 9.98. The van der Waals surface area contributed by atoms with Gasteiger partial charge in [0, 0.05) is 38.2 Å². The third-order valence-electron chi connectivity index (χ3n) is 7.12. The van der Waals surface area contributed by atoms with Crippen molar-refractivity contribution in [1.29, 1.82) is 0 Å². The summed E-state index contributed by atoms with van der Waals surface area (Å²) in [7, 11) is 0. The van der Waals surface area contributed by atoms with E-state index in [9.17, 15) is 18.4 Å². The first kappa shape index (κ1) is 27.9. The molecule has 0 bridgehead atoms. The van der Waals surface area contributed by atoms with Crippen molar-refractivity contribution in [1.82, 2.24) is 14.8 Å².